The summed E-state index contributed by atoms with van der Waals surface area (Å²) in [6.07, 6.45) is 12.4. The highest BCUT2D eigenvalue weighted by Gasteiger charge is 2.33. The molecule has 1 aliphatic rings. The number of piperidine rings is 1. The molecule has 0 spiro atoms. The van der Waals surface area contributed by atoms with Crippen LogP contribution in [0, 0.1) is 23.2 Å². The maximum atomic E-state index is 9.70. The van der Waals surface area contributed by atoms with Crippen LogP contribution in [-0.4, -0.2) is 55.2 Å². The van der Waals surface area contributed by atoms with Crippen molar-refractivity contribution in [2.24, 2.45) is 7.05 Å². The molecule has 1 saturated heterocycles. The first-order valence-corrected chi connectivity index (χ1v) is 12.7. The molecule has 5 aromatic rings. The zero-order valence-corrected chi connectivity index (χ0v) is 21.7. The minimum absolute atomic E-state index is 0.498. The van der Waals surface area contributed by atoms with Crippen molar-refractivity contribution in [2.75, 3.05) is 25.1 Å². The van der Waals surface area contributed by atoms with Gasteiger partial charge < -0.3 is 9.64 Å². The Balaban J connectivity index is 1.26. The minimum atomic E-state index is -0.498. The van der Waals surface area contributed by atoms with Crippen LogP contribution in [0.3, 0.4) is 0 Å². The molecule has 6 heterocycles. The van der Waals surface area contributed by atoms with E-state index in [0.29, 0.717) is 5.56 Å². The fourth-order valence-electron chi connectivity index (χ4n) is 4.98. The lowest BCUT2D eigenvalue weighted by Gasteiger charge is -2.38. The third-order valence-corrected chi connectivity index (χ3v) is 7.20. The number of nitrogens with zero attached hydrogens (tertiary/aromatic N) is 8. The van der Waals surface area contributed by atoms with E-state index in [0.717, 1.165) is 65.2 Å². The Bertz CT molecular complexity index is 1730. The predicted molar refractivity (Wildman–Crippen MR) is 148 cm³/mol. The molecule has 39 heavy (non-hydrogen) atoms. The Hall–Kier alpha value is -4.99. The smallest absolute Gasteiger partial charge is 0.132 e. The first-order chi connectivity index (χ1) is 19.1. The van der Waals surface area contributed by atoms with Crippen LogP contribution in [-0.2, 0) is 11.8 Å². The summed E-state index contributed by atoms with van der Waals surface area (Å²) in [7, 11) is 3.61. The number of nitriles is 1. The molecular formula is C30H26N8O. The lowest BCUT2D eigenvalue weighted by Crippen LogP contribution is -2.45. The van der Waals surface area contributed by atoms with Crippen LogP contribution < -0.4 is 4.90 Å². The van der Waals surface area contributed by atoms with E-state index in [1.165, 1.54) is 0 Å². The number of fused-ring (bicyclic) bond motifs is 1. The fraction of sp³-hybridized carbons (Fsp3) is 0.233. The number of rotatable bonds is 4. The van der Waals surface area contributed by atoms with Crippen LogP contribution in [0.1, 0.15) is 24.1 Å². The van der Waals surface area contributed by atoms with Crippen LogP contribution in [0.2, 0.25) is 0 Å². The van der Waals surface area contributed by atoms with Crippen molar-refractivity contribution in [1.82, 2.24) is 29.4 Å². The van der Waals surface area contributed by atoms with Crippen LogP contribution in [0.15, 0.2) is 73.6 Å². The second-order valence-corrected chi connectivity index (χ2v) is 9.56. The lowest BCUT2D eigenvalue weighted by molar-refractivity contribution is 0.0207. The highest BCUT2D eigenvalue weighted by Crippen LogP contribution is 2.33. The number of aromatic nitrogens is 6. The molecule has 0 amide bonds. The molecule has 192 valence electrons. The molecule has 0 saturated carbocycles. The van der Waals surface area contributed by atoms with Crippen molar-refractivity contribution in [3.05, 3.63) is 84.8 Å². The zero-order chi connectivity index (χ0) is 26.8. The molecule has 9 heteroatoms. The van der Waals surface area contributed by atoms with Crippen LogP contribution >= 0.6 is 0 Å². The van der Waals surface area contributed by atoms with Crippen molar-refractivity contribution in [3.8, 4) is 40.2 Å². The number of hydrogen-bond acceptors (Lipinski definition) is 7. The van der Waals surface area contributed by atoms with E-state index < -0.39 is 5.60 Å². The lowest BCUT2D eigenvalue weighted by atomic mass is 9.91. The van der Waals surface area contributed by atoms with E-state index in [2.05, 4.69) is 50.1 Å². The predicted octanol–water partition coefficient (Wildman–Crippen LogP) is 4.10. The van der Waals surface area contributed by atoms with E-state index in [4.69, 9.17) is 9.72 Å². The van der Waals surface area contributed by atoms with Gasteiger partial charge in [0.1, 0.15) is 23.2 Å². The molecule has 0 unspecified atom stereocenters. The van der Waals surface area contributed by atoms with E-state index in [-0.39, 0.29) is 0 Å². The van der Waals surface area contributed by atoms with Gasteiger partial charge in [0.15, 0.2) is 0 Å². The Morgan fingerprint density at radius 3 is 2.49 bits per heavy atom. The molecule has 0 aromatic carbocycles. The third kappa shape index (κ3) is 4.72. The van der Waals surface area contributed by atoms with Gasteiger partial charge in [-0.3, -0.25) is 4.68 Å². The van der Waals surface area contributed by atoms with Crippen molar-refractivity contribution in [3.63, 3.8) is 0 Å². The van der Waals surface area contributed by atoms with Gasteiger partial charge in [0.2, 0.25) is 0 Å². The van der Waals surface area contributed by atoms with E-state index >= 15 is 0 Å². The molecule has 6 rings (SSSR count). The van der Waals surface area contributed by atoms with Gasteiger partial charge in [-0.25, -0.2) is 14.5 Å². The molecule has 9 nitrogen and oxygen atoms in total. The molecule has 1 aliphatic heterocycles. The highest BCUT2D eigenvalue weighted by molar-refractivity contribution is 5.87. The SMILES string of the molecule is COC1(C#Cc2ccccn2)CCN(c2ccc(-c3cc(-c4cnn(C)c4)cn4ncc(C#N)c34)cn2)CC1. The standard InChI is InChI=1S/C30H26N8O/c1-36-20-25(19-34-36)23-15-27(29-24(16-31)18-35-38(29)21-23)22-6-7-28(33-17-22)37-13-10-30(39-2,11-14-37)9-8-26-5-3-4-12-32-26/h3-7,12,15,17-21H,10-11,13-14H2,1-2H3. The van der Waals surface area contributed by atoms with E-state index in [1.807, 2.05) is 56.1 Å². The zero-order valence-electron chi connectivity index (χ0n) is 21.7. The normalized spacial score (nSPS) is 14.5. The van der Waals surface area contributed by atoms with Gasteiger partial charge in [0, 0.05) is 87.1 Å². The van der Waals surface area contributed by atoms with Crippen molar-refractivity contribution < 1.29 is 4.74 Å². The van der Waals surface area contributed by atoms with Gasteiger partial charge in [0.25, 0.3) is 0 Å². The van der Waals surface area contributed by atoms with Crippen molar-refractivity contribution in [1.29, 1.82) is 5.26 Å². The van der Waals surface area contributed by atoms with E-state index in [1.54, 1.807) is 28.7 Å². The molecule has 0 aliphatic carbocycles. The van der Waals surface area contributed by atoms with Gasteiger partial charge in [-0.1, -0.05) is 12.0 Å². The van der Waals surface area contributed by atoms with Crippen LogP contribution in [0.4, 0.5) is 5.82 Å². The average Bonchev–Trinajstić information content (AvgIpc) is 3.62. The van der Waals surface area contributed by atoms with Crippen LogP contribution in [0.5, 0.6) is 0 Å². The molecule has 0 bridgehead atoms. The molecule has 0 radical (unpaired) electrons. The summed E-state index contributed by atoms with van der Waals surface area (Å²) in [5.41, 5.74) is 5.26. The number of ether oxygens (including phenoxy) is 1. The Labute approximate surface area is 226 Å². The quantitative estimate of drug-likeness (QED) is 0.333. The maximum Gasteiger partial charge on any atom is 0.132 e. The fourth-order valence-corrected chi connectivity index (χ4v) is 4.98. The molecule has 1 fully saturated rings. The summed E-state index contributed by atoms with van der Waals surface area (Å²) >= 11 is 0. The first-order valence-electron chi connectivity index (χ1n) is 12.7. The van der Waals surface area contributed by atoms with Gasteiger partial charge in [0.05, 0.1) is 23.5 Å². The topological polar surface area (TPSA) is 97.2 Å². The molecule has 0 atom stereocenters. The van der Waals surface area contributed by atoms with Gasteiger partial charge >= 0.3 is 0 Å². The van der Waals surface area contributed by atoms with E-state index in [9.17, 15) is 5.26 Å². The largest absolute Gasteiger partial charge is 0.365 e. The summed E-state index contributed by atoms with van der Waals surface area (Å²) in [5, 5.41) is 18.4. The number of methoxy groups -OCH3 is 1. The van der Waals surface area contributed by atoms with Gasteiger partial charge in [-0.05, 0) is 36.3 Å². The number of hydrogen-bond donors (Lipinski definition) is 0. The number of anilines is 1. The molecule has 5 aromatic heterocycles. The molecular weight excluding hydrogens is 488 g/mol. The average molecular weight is 515 g/mol. The van der Waals surface area contributed by atoms with Crippen molar-refractivity contribution in [2.45, 2.75) is 18.4 Å². The molecule has 0 N–H and O–H groups in total. The van der Waals surface area contributed by atoms with Crippen molar-refractivity contribution >= 4 is 11.3 Å². The monoisotopic (exact) mass is 514 g/mol. The first kappa shape index (κ1) is 24.4. The van der Waals surface area contributed by atoms with Gasteiger partial charge in [-0.2, -0.15) is 15.5 Å². The second-order valence-electron chi connectivity index (χ2n) is 9.56. The summed E-state index contributed by atoms with van der Waals surface area (Å²) in [6, 6.07) is 14.1. The maximum absolute atomic E-state index is 9.70. The summed E-state index contributed by atoms with van der Waals surface area (Å²) in [4.78, 5) is 11.4. The minimum Gasteiger partial charge on any atom is -0.365 e. The van der Waals surface area contributed by atoms with Crippen LogP contribution in [0.25, 0.3) is 27.8 Å². The van der Waals surface area contributed by atoms with Gasteiger partial charge in [-0.15, -0.1) is 0 Å². The third-order valence-electron chi connectivity index (χ3n) is 7.20. The second kappa shape index (κ2) is 10.1. The summed E-state index contributed by atoms with van der Waals surface area (Å²) in [5.74, 6) is 7.39. The number of pyridine rings is 3. The highest BCUT2D eigenvalue weighted by atomic mass is 16.5. The Morgan fingerprint density at radius 2 is 1.82 bits per heavy atom. The number of aryl methyl sites for hydroxylation is 1. The summed E-state index contributed by atoms with van der Waals surface area (Å²) in [6.45, 7) is 1.55. The Morgan fingerprint density at radius 1 is 0.949 bits per heavy atom. The summed E-state index contributed by atoms with van der Waals surface area (Å²) < 4.78 is 9.40. The Kier molecular flexibility index (Phi) is 6.28.